The fourth-order valence-corrected chi connectivity index (χ4v) is 3.00. The molecule has 9 heteroatoms. The van der Waals surface area contributed by atoms with Gasteiger partial charge in [-0.25, -0.2) is 0 Å². The number of nitrogens with zero attached hydrogens (tertiary/aromatic N) is 2. The van der Waals surface area contributed by atoms with E-state index in [0.29, 0.717) is 33.4 Å². The molecule has 0 radical (unpaired) electrons. The molecule has 150 valence electrons. The number of rotatable bonds is 7. The Morgan fingerprint density at radius 2 is 1.83 bits per heavy atom. The Labute approximate surface area is 178 Å². The van der Waals surface area contributed by atoms with E-state index < -0.39 is 0 Å². The van der Waals surface area contributed by atoms with E-state index in [-0.39, 0.29) is 18.4 Å². The maximum absolute atomic E-state index is 12.5. The number of halogens is 1. The Kier molecular flexibility index (Phi) is 6.79. The van der Waals surface area contributed by atoms with Gasteiger partial charge in [0.2, 0.25) is 5.91 Å². The lowest BCUT2D eigenvalue weighted by molar-refractivity contribution is -0.116. The first kappa shape index (κ1) is 20.8. The number of carbonyl (C=O) groups is 2. The second kappa shape index (κ2) is 9.49. The van der Waals surface area contributed by atoms with Gasteiger partial charge >= 0.3 is 0 Å². The minimum atomic E-state index is -0.263. The van der Waals surface area contributed by atoms with E-state index in [2.05, 4.69) is 20.8 Å². The van der Waals surface area contributed by atoms with Crippen molar-refractivity contribution in [3.63, 3.8) is 0 Å². The zero-order chi connectivity index (χ0) is 20.8. The Morgan fingerprint density at radius 3 is 2.48 bits per heavy atom. The van der Waals surface area contributed by atoms with Gasteiger partial charge < -0.3 is 10.6 Å². The highest BCUT2D eigenvalue weighted by atomic mass is 35.5. The molecule has 0 saturated heterocycles. The van der Waals surface area contributed by atoms with E-state index in [1.165, 1.54) is 0 Å². The van der Waals surface area contributed by atoms with Gasteiger partial charge in [-0.1, -0.05) is 18.5 Å². The highest BCUT2D eigenvalue weighted by molar-refractivity contribution is 7.71. The summed E-state index contributed by atoms with van der Waals surface area (Å²) < 4.78 is 1.95. The van der Waals surface area contributed by atoms with Crippen LogP contribution < -0.4 is 10.6 Å². The SMILES string of the molecule is CCCNC(=O)c1ccc(NC(=O)Cn2c(-c3ccc(Cl)cc3)n[nH]c2=S)cc1. The van der Waals surface area contributed by atoms with Crippen molar-refractivity contribution in [2.45, 2.75) is 19.9 Å². The zero-order valence-electron chi connectivity index (χ0n) is 15.7. The van der Waals surface area contributed by atoms with Gasteiger partial charge in [-0.3, -0.25) is 19.3 Å². The molecule has 0 aliphatic carbocycles. The molecule has 0 bridgehead atoms. The summed E-state index contributed by atoms with van der Waals surface area (Å²) in [6, 6.07) is 13.8. The van der Waals surface area contributed by atoms with Crippen molar-refractivity contribution < 1.29 is 9.59 Å². The van der Waals surface area contributed by atoms with Crippen LogP contribution in [0.3, 0.4) is 0 Å². The maximum Gasteiger partial charge on any atom is 0.251 e. The van der Waals surface area contributed by atoms with Gasteiger partial charge in [0.05, 0.1) is 0 Å². The quantitative estimate of drug-likeness (QED) is 0.494. The molecule has 3 rings (SSSR count). The maximum atomic E-state index is 12.5. The van der Waals surface area contributed by atoms with E-state index >= 15 is 0 Å². The van der Waals surface area contributed by atoms with Crippen LogP contribution in [0.25, 0.3) is 11.4 Å². The largest absolute Gasteiger partial charge is 0.352 e. The Bertz CT molecular complexity index is 1060. The first-order chi connectivity index (χ1) is 14.0. The third-order valence-corrected chi connectivity index (χ3v) is 4.69. The minimum Gasteiger partial charge on any atom is -0.352 e. The molecule has 1 heterocycles. The summed E-state index contributed by atoms with van der Waals surface area (Å²) in [5.74, 6) is 0.146. The molecule has 3 N–H and O–H groups in total. The van der Waals surface area contributed by atoms with Crippen LogP contribution in [0, 0.1) is 4.77 Å². The van der Waals surface area contributed by atoms with Gasteiger partial charge in [-0.05, 0) is 67.2 Å². The molecule has 3 aromatic rings. The van der Waals surface area contributed by atoms with Crippen LogP contribution in [0.2, 0.25) is 5.02 Å². The lowest BCUT2D eigenvalue weighted by atomic mass is 10.2. The van der Waals surface area contributed by atoms with Crippen LogP contribution in [0.1, 0.15) is 23.7 Å². The van der Waals surface area contributed by atoms with Crippen molar-refractivity contribution >= 4 is 41.3 Å². The summed E-state index contributed by atoms with van der Waals surface area (Å²) in [6.07, 6.45) is 0.869. The number of benzene rings is 2. The molecule has 0 aliphatic rings. The first-order valence-electron chi connectivity index (χ1n) is 9.07. The third-order valence-electron chi connectivity index (χ3n) is 4.13. The van der Waals surface area contributed by atoms with Crippen LogP contribution in [-0.4, -0.2) is 33.1 Å². The predicted molar refractivity (Wildman–Crippen MR) is 116 cm³/mol. The standard InChI is InChI=1S/C20H20ClN5O2S/c1-2-11-22-19(28)14-5-9-16(10-6-14)23-17(27)12-26-18(24-25-20(26)29)13-3-7-15(21)8-4-13/h3-10H,2,11-12H2,1H3,(H,22,28)(H,23,27)(H,25,29). The molecular weight excluding hydrogens is 410 g/mol. The van der Waals surface area contributed by atoms with Gasteiger partial charge in [0.25, 0.3) is 5.91 Å². The van der Waals surface area contributed by atoms with E-state index in [4.69, 9.17) is 23.8 Å². The van der Waals surface area contributed by atoms with Crippen molar-refractivity contribution in [1.29, 1.82) is 0 Å². The fraction of sp³-hybridized carbons (Fsp3) is 0.200. The van der Waals surface area contributed by atoms with Crippen molar-refractivity contribution in [1.82, 2.24) is 20.1 Å². The van der Waals surface area contributed by atoms with E-state index in [9.17, 15) is 9.59 Å². The molecule has 0 spiro atoms. The number of amides is 2. The third kappa shape index (κ3) is 5.30. The summed E-state index contributed by atoms with van der Waals surface area (Å²) in [7, 11) is 0. The zero-order valence-corrected chi connectivity index (χ0v) is 17.3. The van der Waals surface area contributed by atoms with Gasteiger partial charge in [0.15, 0.2) is 10.6 Å². The van der Waals surface area contributed by atoms with E-state index in [0.717, 1.165) is 12.0 Å². The van der Waals surface area contributed by atoms with Crippen LogP contribution in [-0.2, 0) is 11.3 Å². The molecule has 7 nitrogen and oxygen atoms in total. The average molecular weight is 430 g/mol. The van der Waals surface area contributed by atoms with Crippen molar-refractivity contribution in [3.05, 3.63) is 63.9 Å². The summed E-state index contributed by atoms with van der Waals surface area (Å²) in [4.78, 5) is 24.5. The van der Waals surface area contributed by atoms with Crippen molar-refractivity contribution in [3.8, 4) is 11.4 Å². The fourth-order valence-electron chi connectivity index (χ4n) is 2.67. The molecule has 2 aromatic carbocycles. The molecule has 1 aromatic heterocycles. The number of nitrogens with one attached hydrogen (secondary N) is 3. The van der Waals surface area contributed by atoms with Crippen LogP contribution in [0.4, 0.5) is 5.69 Å². The molecule has 0 fully saturated rings. The topological polar surface area (TPSA) is 91.8 Å². The molecule has 0 atom stereocenters. The van der Waals surface area contributed by atoms with Gasteiger partial charge in [0.1, 0.15) is 6.54 Å². The van der Waals surface area contributed by atoms with Crippen molar-refractivity contribution in [2.24, 2.45) is 0 Å². The molecular formula is C20H20ClN5O2S. The van der Waals surface area contributed by atoms with Gasteiger partial charge in [0, 0.05) is 28.4 Å². The number of carbonyl (C=O) groups excluding carboxylic acids is 2. The van der Waals surface area contributed by atoms with Crippen LogP contribution >= 0.6 is 23.8 Å². The highest BCUT2D eigenvalue weighted by Crippen LogP contribution is 2.20. The number of hydrogen-bond acceptors (Lipinski definition) is 4. The van der Waals surface area contributed by atoms with Gasteiger partial charge in [-0.15, -0.1) is 0 Å². The lowest BCUT2D eigenvalue weighted by Crippen LogP contribution is -2.24. The Hall–Kier alpha value is -2.97. The second-order valence-corrected chi connectivity index (χ2v) is 7.15. The average Bonchev–Trinajstić information content (AvgIpc) is 3.07. The Balaban J connectivity index is 1.69. The minimum absolute atomic E-state index is 0.00791. The predicted octanol–water partition coefficient (Wildman–Crippen LogP) is 4.04. The number of aromatic nitrogens is 3. The number of anilines is 1. The van der Waals surface area contributed by atoms with Crippen LogP contribution in [0.5, 0.6) is 0 Å². The first-order valence-corrected chi connectivity index (χ1v) is 9.86. The molecule has 2 amide bonds. The molecule has 0 aliphatic heterocycles. The lowest BCUT2D eigenvalue weighted by Gasteiger charge is -2.09. The summed E-state index contributed by atoms with van der Waals surface area (Å²) >= 11 is 11.2. The molecule has 0 saturated carbocycles. The normalized spacial score (nSPS) is 10.6. The monoisotopic (exact) mass is 429 g/mol. The smallest absolute Gasteiger partial charge is 0.251 e. The van der Waals surface area contributed by atoms with Crippen LogP contribution in [0.15, 0.2) is 48.5 Å². The number of aromatic amines is 1. The molecule has 0 unspecified atom stereocenters. The number of hydrogen-bond donors (Lipinski definition) is 3. The summed E-state index contributed by atoms with van der Waals surface area (Å²) in [6.45, 7) is 2.61. The summed E-state index contributed by atoms with van der Waals surface area (Å²) in [5.41, 5.74) is 1.92. The van der Waals surface area contributed by atoms with Gasteiger partial charge in [-0.2, -0.15) is 5.10 Å². The highest BCUT2D eigenvalue weighted by Gasteiger charge is 2.13. The van der Waals surface area contributed by atoms with E-state index in [1.807, 2.05) is 19.1 Å². The second-order valence-electron chi connectivity index (χ2n) is 6.33. The molecule has 29 heavy (non-hydrogen) atoms. The Morgan fingerprint density at radius 1 is 1.14 bits per heavy atom. The number of H-pyrrole nitrogens is 1. The van der Waals surface area contributed by atoms with E-state index in [1.54, 1.807) is 41.0 Å². The van der Waals surface area contributed by atoms with Crippen molar-refractivity contribution in [2.75, 3.05) is 11.9 Å². The summed E-state index contributed by atoms with van der Waals surface area (Å²) in [5, 5.41) is 13.1.